The molecule has 0 unspecified atom stereocenters. The van der Waals surface area contributed by atoms with Gasteiger partial charge in [-0.25, -0.2) is 4.98 Å². The zero-order chi connectivity index (χ0) is 36.3. The topological polar surface area (TPSA) is 56.3 Å². The van der Waals surface area contributed by atoms with E-state index >= 15 is 0 Å². The van der Waals surface area contributed by atoms with Crippen molar-refractivity contribution < 1.29 is 30.2 Å². The van der Waals surface area contributed by atoms with Crippen molar-refractivity contribution in [3.05, 3.63) is 188 Å². The van der Waals surface area contributed by atoms with Crippen LogP contribution in [0.1, 0.15) is 0 Å². The Bertz CT molecular complexity index is 3000. The summed E-state index contributed by atoms with van der Waals surface area (Å²) in [7, 11) is 0. The molecule has 4 aromatic heterocycles. The summed E-state index contributed by atoms with van der Waals surface area (Å²) < 4.78 is 15.6. The molecule has 0 atom stereocenters. The Morgan fingerprint density at radius 3 is 2.30 bits per heavy atom. The predicted octanol–water partition coefficient (Wildman–Crippen LogP) is 9.68. The molecule has 0 aliphatic carbocycles. The summed E-state index contributed by atoms with van der Waals surface area (Å²) in [6.07, 6.45) is 1.78. The largest absolute Gasteiger partial charge is 2.00 e. The van der Waals surface area contributed by atoms with Gasteiger partial charge in [0.05, 0.1) is 17.5 Å². The number of rotatable bonds is 6. The maximum Gasteiger partial charge on any atom is 2.00 e. The number of ether oxygens (including phenoxy) is 1. The minimum atomic E-state index is -0.287. The molecular weight excluding hydrogens is 870 g/mol. The number of fused-ring (bicyclic) bond motifs is 7. The van der Waals surface area contributed by atoms with Crippen molar-refractivity contribution in [3.8, 4) is 28.6 Å². The van der Waals surface area contributed by atoms with Crippen LogP contribution in [0, 0.1) is 12.1 Å². The first-order valence-electron chi connectivity index (χ1n) is 18.3. The van der Waals surface area contributed by atoms with E-state index in [-0.39, 0.29) is 27.8 Å². The fourth-order valence-corrected chi connectivity index (χ4v) is 8.04. The maximum absolute atomic E-state index is 6.85. The van der Waals surface area contributed by atoms with E-state index in [0.717, 1.165) is 83.5 Å². The van der Waals surface area contributed by atoms with Crippen molar-refractivity contribution in [1.29, 1.82) is 0 Å². The standard InChI is InChI=1S/C48H29BN4O2.Pt/c1-3-15-32(16-4-1)33-17-13-18-34(29-33)49-40-30-36(31-50-48(40)52(35-19-5-2-6-20-35)46-39-23-9-12-26-43(39)55-47(46)49)54-45-28-14-27-44(51-45)53-41-24-10-7-21-37(41)38-22-8-11-25-42(38)53;/h1-19,21-24,26-31H;/q-2;+2. The van der Waals surface area contributed by atoms with Gasteiger partial charge in [0.25, 0.3) is 6.71 Å². The van der Waals surface area contributed by atoms with E-state index in [1.54, 1.807) is 6.20 Å². The molecule has 11 rings (SSSR count). The van der Waals surface area contributed by atoms with E-state index in [2.05, 4.69) is 119 Å². The molecule has 0 spiro atoms. The van der Waals surface area contributed by atoms with Crippen molar-refractivity contribution in [2.75, 3.05) is 4.90 Å². The molecule has 0 saturated heterocycles. The smallest absolute Gasteiger partial charge is 0.468 e. The molecule has 8 heteroatoms. The van der Waals surface area contributed by atoms with E-state index in [4.69, 9.17) is 19.1 Å². The molecule has 0 amide bonds. The Morgan fingerprint density at radius 1 is 0.643 bits per heavy atom. The number of hydrogen-bond acceptors (Lipinski definition) is 5. The molecule has 1 aliphatic heterocycles. The van der Waals surface area contributed by atoms with Crippen LogP contribution in [0.5, 0.6) is 11.6 Å². The molecule has 1 aliphatic rings. The summed E-state index contributed by atoms with van der Waals surface area (Å²) in [6, 6.07) is 64.6. The molecule has 6 nitrogen and oxygen atoms in total. The Hall–Kier alpha value is -6.69. The van der Waals surface area contributed by atoms with E-state index in [9.17, 15) is 0 Å². The monoisotopic (exact) mass is 899 g/mol. The fourth-order valence-electron chi connectivity index (χ4n) is 8.04. The van der Waals surface area contributed by atoms with E-state index in [1.165, 1.54) is 0 Å². The second-order valence-electron chi connectivity index (χ2n) is 13.6. The first-order chi connectivity index (χ1) is 27.3. The average molecular weight is 900 g/mol. The first kappa shape index (κ1) is 33.9. The van der Waals surface area contributed by atoms with Crippen LogP contribution in [0.3, 0.4) is 0 Å². The predicted molar refractivity (Wildman–Crippen MR) is 222 cm³/mol. The number of benzene rings is 6. The molecule has 0 N–H and O–H groups in total. The average Bonchev–Trinajstić information content (AvgIpc) is 3.80. The van der Waals surface area contributed by atoms with Gasteiger partial charge in [-0.1, -0.05) is 108 Å². The minimum absolute atomic E-state index is 0. The van der Waals surface area contributed by atoms with Gasteiger partial charge in [0.2, 0.25) is 5.88 Å². The van der Waals surface area contributed by atoms with E-state index < -0.39 is 0 Å². The second kappa shape index (κ2) is 13.9. The van der Waals surface area contributed by atoms with Crippen LogP contribution in [0.2, 0.25) is 0 Å². The third-order valence-corrected chi connectivity index (χ3v) is 10.4. The van der Waals surface area contributed by atoms with E-state index in [0.29, 0.717) is 11.6 Å². The molecule has 0 fully saturated rings. The van der Waals surface area contributed by atoms with Gasteiger partial charge in [0, 0.05) is 17.0 Å². The van der Waals surface area contributed by atoms with Gasteiger partial charge in [-0.15, -0.1) is 11.5 Å². The van der Waals surface area contributed by atoms with Crippen molar-refractivity contribution in [1.82, 2.24) is 14.5 Å². The molecule has 10 aromatic rings. The maximum atomic E-state index is 6.85. The summed E-state index contributed by atoms with van der Waals surface area (Å²) in [5, 5.41) is 3.28. The SMILES string of the molecule is [Pt+2].[c-]1ccccc1N1c2ncc(Oc3cccc(-n4c5[c-]cccc5c5ccccc54)n3)cc2B(c2cccc(-c3ccccc3)c2)c2oc3ccccc3c21. The van der Waals surface area contributed by atoms with Gasteiger partial charge >= 0.3 is 21.1 Å². The molecule has 5 heterocycles. The summed E-state index contributed by atoms with van der Waals surface area (Å²) in [5.74, 6) is 2.55. The van der Waals surface area contributed by atoms with Crippen LogP contribution < -0.4 is 26.2 Å². The van der Waals surface area contributed by atoms with Crippen LogP contribution in [-0.2, 0) is 21.1 Å². The van der Waals surface area contributed by atoms with Gasteiger partial charge in [-0.05, 0) is 52.3 Å². The Kier molecular flexibility index (Phi) is 8.38. The van der Waals surface area contributed by atoms with Gasteiger partial charge in [0.15, 0.2) is 0 Å². The number of furan rings is 1. The number of pyridine rings is 2. The van der Waals surface area contributed by atoms with Crippen LogP contribution in [0.4, 0.5) is 17.2 Å². The zero-order valence-corrected chi connectivity index (χ0v) is 32.0. The number of para-hydroxylation sites is 4. The van der Waals surface area contributed by atoms with Gasteiger partial charge in [-0.2, -0.15) is 53.5 Å². The van der Waals surface area contributed by atoms with Crippen molar-refractivity contribution in [2.45, 2.75) is 0 Å². The number of nitrogens with zero attached hydrogens (tertiary/aromatic N) is 4. The molecular formula is C48H29BN4O2Pt. The number of hydrogen-bond donors (Lipinski definition) is 0. The van der Waals surface area contributed by atoms with Gasteiger partial charge in [-0.3, -0.25) is 0 Å². The quantitative estimate of drug-likeness (QED) is 0.123. The second-order valence-corrected chi connectivity index (χ2v) is 13.6. The van der Waals surface area contributed by atoms with Gasteiger partial charge in [0.1, 0.15) is 23.0 Å². The van der Waals surface area contributed by atoms with Crippen molar-refractivity contribution in [3.63, 3.8) is 0 Å². The summed E-state index contributed by atoms with van der Waals surface area (Å²) in [4.78, 5) is 12.4. The molecule has 6 aromatic carbocycles. The van der Waals surface area contributed by atoms with Crippen molar-refractivity contribution >= 4 is 73.3 Å². The summed E-state index contributed by atoms with van der Waals surface area (Å²) >= 11 is 0. The Labute approximate surface area is 338 Å². The Balaban J connectivity index is 0.00000384. The van der Waals surface area contributed by atoms with Crippen molar-refractivity contribution in [2.24, 2.45) is 0 Å². The van der Waals surface area contributed by atoms with E-state index in [1.807, 2.05) is 72.8 Å². The van der Waals surface area contributed by atoms with Gasteiger partial charge < -0.3 is 18.6 Å². The third kappa shape index (κ3) is 5.54. The van der Waals surface area contributed by atoms with Crippen LogP contribution in [0.15, 0.2) is 180 Å². The van der Waals surface area contributed by atoms with Crippen LogP contribution >= 0.6 is 0 Å². The van der Waals surface area contributed by atoms with Crippen LogP contribution in [0.25, 0.3) is 49.7 Å². The fraction of sp³-hybridized carbons (Fsp3) is 0. The molecule has 0 radical (unpaired) electrons. The number of anilines is 3. The summed E-state index contributed by atoms with van der Waals surface area (Å²) in [6.45, 7) is -0.287. The minimum Gasteiger partial charge on any atom is -0.468 e. The molecule has 266 valence electrons. The van der Waals surface area contributed by atoms with Crippen LogP contribution in [-0.4, -0.2) is 21.2 Å². The number of aromatic nitrogens is 3. The molecule has 56 heavy (non-hydrogen) atoms. The first-order valence-corrected chi connectivity index (χ1v) is 18.3. The zero-order valence-electron chi connectivity index (χ0n) is 29.7. The molecule has 0 saturated carbocycles. The molecule has 0 bridgehead atoms. The Morgan fingerprint density at radius 2 is 1.41 bits per heavy atom. The normalized spacial score (nSPS) is 12.1. The summed E-state index contributed by atoms with van der Waals surface area (Å²) in [5.41, 5.74) is 9.78. The third-order valence-electron chi connectivity index (χ3n) is 10.4.